The van der Waals surface area contributed by atoms with Gasteiger partial charge in [-0.2, -0.15) is 0 Å². The van der Waals surface area contributed by atoms with Crippen molar-refractivity contribution in [2.24, 2.45) is 0 Å². The normalized spacial score (nSPS) is 11.0. The molecule has 0 aliphatic carbocycles. The van der Waals surface area contributed by atoms with Crippen molar-refractivity contribution in [3.63, 3.8) is 0 Å². The molecule has 7 nitrogen and oxygen atoms in total. The quantitative estimate of drug-likeness (QED) is 0.657. The molecule has 0 aliphatic rings. The van der Waals surface area contributed by atoms with Gasteiger partial charge in [0, 0.05) is 6.20 Å². The highest BCUT2D eigenvalue weighted by Crippen LogP contribution is 2.23. The third-order valence-electron chi connectivity index (χ3n) is 3.71. The van der Waals surface area contributed by atoms with Gasteiger partial charge in [-0.1, -0.05) is 24.3 Å². The van der Waals surface area contributed by atoms with Crippen LogP contribution in [0.3, 0.4) is 0 Å². The molecule has 0 bridgehead atoms. The minimum atomic E-state index is -3.74. The molecule has 0 aliphatic heterocycles. The fourth-order valence-electron chi connectivity index (χ4n) is 2.39. The van der Waals surface area contributed by atoms with Gasteiger partial charge in [0.25, 0.3) is 10.0 Å². The fourth-order valence-corrected chi connectivity index (χ4v) is 3.40. The Morgan fingerprint density at radius 3 is 2.19 bits per heavy atom. The van der Waals surface area contributed by atoms with Gasteiger partial charge in [-0.25, -0.2) is 23.2 Å². The molecule has 0 amide bonds. The zero-order chi connectivity index (χ0) is 19.3. The zero-order valence-electron chi connectivity index (χ0n) is 14.5. The van der Waals surface area contributed by atoms with Crippen LogP contribution in [0.5, 0.6) is 0 Å². The number of nitrogens with one attached hydrogen (secondary N) is 1. The molecule has 3 aromatic rings. The number of anilines is 1. The Balaban J connectivity index is 1.78. The van der Waals surface area contributed by atoms with Crippen LogP contribution in [0.2, 0.25) is 0 Å². The molecule has 0 atom stereocenters. The topological polar surface area (TPSA) is 98.2 Å². The molecule has 0 unspecified atom stereocenters. The van der Waals surface area contributed by atoms with Crippen LogP contribution < -0.4 is 4.72 Å². The molecule has 0 radical (unpaired) electrons. The van der Waals surface area contributed by atoms with Gasteiger partial charge in [-0.05, 0) is 48.4 Å². The number of sulfonamides is 1. The van der Waals surface area contributed by atoms with Crippen LogP contribution in [0.1, 0.15) is 17.3 Å². The van der Waals surface area contributed by atoms with Gasteiger partial charge in [-0.15, -0.1) is 0 Å². The van der Waals surface area contributed by atoms with E-state index in [0.29, 0.717) is 12.2 Å². The average Bonchev–Trinajstić information content (AvgIpc) is 2.69. The van der Waals surface area contributed by atoms with E-state index in [4.69, 9.17) is 4.74 Å². The van der Waals surface area contributed by atoms with E-state index in [-0.39, 0.29) is 16.7 Å². The van der Waals surface area contributed by atoms with E-state index in [0.717, 1.165) is 11.1 Å². The zero-order valence-corrected chi connectivity index (χ0v) is 15.3. The number of carbonyl (C=O) groups is 1. The SMILES string of the molecule is CCOC(=O)c1ccc(-c2ccc(S(=O)(=O)Nc3ccncn3)cc2)cc1. The lowest BCUT2D eigenvalue weighted by molar-refractivity contribution is 0.0526. The number of hydrogen-bond donors (Lipinski definition) is 1. The van der Waals surface area contributed by atoms with Crippen molar-refractivity contribution < 1.29 is 17.9 Å². The van der Waals surface area contributed by atoms with Crippen molar-refractivity contribution in [3.05, 3.63) is 72.7 Å². The molecular formula is C19H17N3O4S. The number of benzene rings is 2. The minimum absolute atomic E-state index is 0.119. The smallest absolute Gasteiger partial charge is 0.338 e. The molecule has 0 fully saturated rings. The van der Waals surface area contributed by atoms with Crippen LogP contribution >= 0.6 is 0 Å². The van der Waals surface area contributed by atoms with Crippen LogP contribution in [0.25, 0.3) is 11.1 Å². The van der Waals surface area contributed by atoms with Gasteiger partial charge in [0.05, 0.1) is 17.1 Å². The van der Waals surface area contributed by atoms with E-state index in [9.17, 15) is 13.2 Å². The summed E-state index contributed by atoms with van der Waals surface area (Å²) in [5.74, 6) is -0.176. The maximum atomic E-state index is 12.4. The third kappa shape index (κ3) is 4.48. The highest BCUT2D eigenvalue weighted by molar-refractivity contribution is 7.92. The van der Waals surface area contributed by atoms with Gasteiger partial charge in [0.1, 0.15) is 12.1 Å². The predicted molar refractivity (Wildman–Crippen MR) is 101 cm³/mol. The second-order valence-electron chi connectivity index (χ2n) is 5.52. The van der Waals surface area contributed by atoms with Crippen molar-refractivity contribution in [1.29, 1.82) is 0 Å². The molecule has 0 saturated carbocycles. The average molecular weight is 383 g/mol. The van der Waals surface area contributed by atoms with Gasteiger partial charge < -0.3 is 4.74 Å². The first-order valence-corrected chi connectivity index (χ1v) is 9.64. The third-order valence-corrected chi connectivity index (χ3v) is 5.09. The van der Waals surface area contributed by atoms with Crippen molar-refractivity contribution in [2.45, 2.75) is 11.8 Å². The summed E-state index contributed by atoms with van der Waals surface area (Å²) in [6, 6.07) is 14.8. The molecule has 1 aromatic heterocycles. The first-order chi connectivity index (χ1) is 13.0. The van der Waals surface area contributed by atoms with Crippen LogP contribution in [-0.2, 0) is 14.8 Å². The van der Waals surface area contributed by atoms with E-state index >= 15 is 0 Å². The molecule has 138 valence electrons. The van der Waals surface area contributed by atoms with Crippen LogP contribution in [0.15, 0.2) is 72.0 Å². The summed E-state index contributed by atoms with van der Waals surface area (Å²) >= 11 is 0. The number of hydrogen-bond acceptors (Lipinski definition) is 6. The number of aromatic nitrogens is 2. The Labute approximate surface area is 157 Å². The highest BCUT2D eigenvalue weighted by atomic mass is 32.2. The second-order valence-corrected chi connectivity index (χ2v) is 7.20. The summed E-state index contributed by atoms with van der Waals surface area (Å²) in [6.07, 6.45) is 2.72. The molecule has 1 heterocycles. The lowest BCUT2D eigenvalue weighted by atomic mass is 10.0. The van der Waals surface area contributed by atoms with Crippen molar-refractivity contribution >= 4 is 21.8 Å². The standard InChI is InChI=1S/C19H17N3O4S/c1-2-26-19(23)16-5-3-14(4-6-16)15-7-9-17(10-8-15)27(24,25)22-18-11-12-20-13-21-18/h3-13H,2H2,1H3,(H,20,21,22). The molecule has 27 heavy (non-hydrogen) atoms. The molecule has 1 N–H and O–H groups in total. The van der Waals surface area contributed by atoms with E-state index in [1.165, 1.54) is 30.7 Å². The van der Waals surface area contributed by atoms with E-state index in [1.54, 1.807) is 43.3 Å². The minimum Gasteiger partial charge on any atom is -0.462 e. The maximum absolute atomic E-state index is 12.4. The Morgan fingerprint density at radius 1 is 1.00 bits per heavy atom. The summed E-state index contributed by atoms with van der Waals surface area (Å²) in [5.41, 5.74) is 2.15. The summed E-state index contributed by atoms with van der Waals surface area (Å²) < 4.78 is 32.2. The Hall–Kier alpha value is -3.26. The highest BCUT2D eigenvalue weighted by Gasteiger charge is 2.15. The largest absolute Gasteiger partial charge is 0.462 e. The summed E-state index contributed by atoms with van der Waals surface area (Å²) in [6.45, 7) is 2.07. The van der Waals surface area contributed by atoms with Gasteiger partial charge in [-0.3, -0.25) is 4.72 Å². The van der Waals surface area contributed by atoms with E-state index < -0.39 is 10.0 Å². The van der Waals surface area contributed by atoms with E-state index in [2.05, 4.69) is 14.7 Å². The fraction of sp³-hybridized carbons (Fsp3) is 0.105. The number of rotatable bonds is 6. The monoisotopic (exact) mass is 383 g/mol. The molecule has 0 spiro atoms. The summed E-state index contributed by atoms with van der Waals surface area (Å²) in [4.78, 5) is 19.4. The molecule has 3 rings (SSSR count). The first-order valence-electron chi connectivity index (χ1n) is 8.16. The summed E-state index contributed by atoms with van der Waals surface area (Å²) in [7, 11) is -3.74. The van der Waals surface area contributed by atoms with Crippen LogP contribution in [0.4, 0.5) is 5.82 Å². The Bertz CT molecular complexity index is 1020. The maximum Gasteiger partial charge on any atom is 0.338 e. The Kier molecular flexibility index (Phi) is 5.46. The Morgan fingerprint density at radius 2 is 1.63 bits per heavy atom. The predicted octanol–water partition coefficient (Wildman–Crippen LogP) is 3.12. The second kappa shape index (κ2) is 7.96. The summed E-state index contributed by atoms with van der Waals surface area (Å²) in [5, 5.41) is 0. The number of esters is 1. The van der Waals surface area contributed by atoms with Crippen LogP contribution in [0, 0.1) is 0 Å². The van der Waals surface area contributed by atoms with Gasteiger partial charge in [0.15, 0.2) is 0 Å². The van der Waals surface area contributed by atoms with Crippen molar-refractivity contribution in [3.8, 4) is 11.1 Å². The first kappa shape index (κ1) is 18.5. The molecule has 2 aromatic carbocycles. The molecule has 0 saturated heterocycles. The van der Waals surface area contributed by atoms with E-state index in [1.807, 2.05) is 0 Å². The molecular weight excluding hydrogens is 366 g/mol. The number of carbonyl (C=O) groups excluding carboxylic acids is 1. The number of nitrogens with zero attached hydrogens (tertiary/aromatic N) is 2. The van der Waals surface area contributed by atoms with Crippen molar-refractivity contribution in [1.82, 2.24) is 9.97 Å². The number of ether oxygens (including phenoxy) is 1. The van der Waals surface area contributed by atoms with Crippen molar-refractivity contribution in [2.75, 3.05) is 11.3 Å². The van der Waals surface area contributed by atoms with Gasteiger partial charge >= 0.3 is 5.97 Å². The molecule has 8 heteroatoms. The van der Waals surface area contributed by atoms with Crippen LogP contribution in [-0.4, -0.2) is 31.0 Å². The van der Waals surface area contributed by atoms with Gasteiger partial charge in [0.2, 0.25) is 0 Å². The lowest BCUT2D eigenvalue weighted by Gasteiger charge is -2.08. The lowest BCUT2D eigenvalue weighted by Crippen LogP contribution is -2.13.